The van der Waals surface area contributed by atoms with Gasteiger partial charge in [0.05, 0.1) is 5.92 Å². The number of likely N-dealkylation sites (tertiary alicyclic amines) is 1. The second kappa shape index (κ2) is 12.3. The molecule has 2 aliphatic rings. The topological polar surface area (TPSA) is 66.0 Å². The number of nitrogens with zero attached hydrogens (tertiary/aromatic N) is 2. The molecule has 31 heavy (non-hydrogen) atoms. The van der Waals surface area contributed by atoms with E-state index in [9.17, 15) is 18.0 Å². The van der Waals surface area contributed by atoms with Gasteiger partial charge in [0.25, 0.3) is 0 Å². The summed E-state index contributed by atoms with van der Waals surface area (Å²) in [4.78, 5) is 18.2. The number of nitrogens with one attached hydrogen (secondary N) is 2. The van der Waals surface area contributed by atoms with E-state index in [1.54, 1.807) is 11.9 Å². The first-order valence-electron chi connectivity index (χ1n) is 11.0. The van der Waals surface area contributed by atoms with Crippen LogP contribution in [-0.4, -0.2) is 61.5 Å². The average molecular weight is 562 g/mol. The second-order valence-electron chi connectivity index (χ2n) is 9.47. The minimum Gasteiger partial charge on any atom is -0.444 e. The third kappa shape index (κ3) is 10.0. The largest absolute Gasteiger partial charge is 0.444 e. The smallest absolute Gasteiger partial charge is 0.410 e. The number of hydrogen-bond acceptors (Lipinski definition) is 3. The van der Waals surface area contributed by atoms with Crippen LogP contribution >= 0.6 is 24.0 Å². The molecule has 1 heterocycles. The van der Waals surface area contributed by atoms with Gasteiger partial charge in [0.15, 0.2) is 5.96 Å². The van der Waals surface area contributed by atoms with Crippen LogP contribution in [0.1, 0.15) is 65.7 Å². The van der Waals surface area contributed by atoms with Crippen LogP contribution in [-0.2, 0) is 4.74 Å². The van der Waals surface area contributed by atoms with E-state index in [0.29, 0.717) is 37.9 Å². The van der Waals surface area contributed by atoms with Crippen molar-refractivity contribution in [1.29, 1.82) is 0 Å². The van der Waals surface area contributed by atoms with Gasteiger partial charge in [-0.25, -0.2) is 4.79 Å². The summed E-state index contributed by atoms with van der Waals surface area (Å²) in [6.07, 6.45) is 0.0484. The summed E-state index contributed by atoms with van der Waals surface area (Å²) in [6, 6.07) is -0.214. The first-order valence-corrected chi connectivity index (χ1v) is 11.0. The van der Waals surface area contributed by atoms with Crippen molar-refractivity contribution in [3.63, 3.8) is 0 Å². The van der Waals surface area contributed by atoms with E-state index in [4.69, 9.17) is 4.74 Å². The van der Waals surface area contributed by atoms with Crippen LogP contribution in [0.4, 0.5) is 18.0 Å². The van der Waals surface area contributed by atoms with Gasteiger partial charge in [0.1, 0.15) is 5.60 Å². The molecule has 0 aromatic heterocycles. The highest BCUT2D eigenvalue weighted by Crippen LogP contribution is 2.37. The van der Waals surface area contributed by atoms with E-state index in [2.05, 4.69) is 15.6 Å². The fraction of sp³-hybridized carbons (Fsp3) is 0.905. The molecule has 3 unspecified atom stereocenters. The standard InChI is InChI=1S/C21H37F3N4O2.HI/c1-20(2,3)30-19(29)28-12-6-7-15(14-28)10-11-26-18(25-4)27-17-9-5-8-16(13-17)21(22,23)24;/h15-17H,5-14H2,1-4H3,(H2,25,26,27);1H. The number of carbonyl (C=O) groups excluding carboxylic acids is 1. The zero-order valence-electron chi connectivity index (χ0n) is 19.1. The molecule has 2 fully saturated rings. The molecule has 1 saturated heterocycles. The summed E-state index contributed by atoms with van der Waals surface area (Å²) in [6.45, 7) is 7.61. The van der Waals surface area contributed by atoms with Crippen LogP contribution in [0.25, 0.3) is 0 Å². The lowest BCUT2D eigenvalue weighted by Crippen LogP contribution is -2.47. The molecule has 3 atom stereocenters. The molecule has 0 aromatic rings. The number of amides is 1. The first kappa shape index (κ1) is 28.1. The number of piperidine rings is 1. The number of halogens is 4. The van der Waals surface area contributed by atoms with Crippen LogP contribution < -0.4 is 10.6 Å². The molecule has 1 amide bonds. The molecule has 0 spiro atoms. The molecule has 10 heteroatoms. The molecule has 1 saturated carbocycles. The van der Waals surface area contributed by atoms with Crippen LogP contribution in [0.5, 0.6) is 0 Å². The Kier molecular flexibility index (Phi) is 11.2. The van der Waals surface area contributed by atoms with E-state index in [1.165, 1.54) is 0 Å². The lowest BCUT2D eigenvalue weighted by Gasteiger charge is -2.34. The molecule has 2 N–H and O–H groups in total. The zero-order chi connectivity index (χ0) is 22.4. The molecule has 0 aromatic carbocycles. The van der Waals surface area contributed by atoms with Crippen LogP contribution in [0.15, 0.2) is 4.99 Å². The Bertz CT molecular complexity index is 596. The van der Waals surface area contributed by atoms with Crippen molar-refractivity contribution in [2.45, 2.75) is 83.5 Å². The van der Waals surface area contributed by atoms with Crippen molar-refractivity contribution in [3.8, 4) is 0 Å². The van der Waals surface area contributed by atoms with E-state index in [-0.39, 0.29) is 49.0 Å². The van der Waals surface area contributed by atoms with Crippen molar-refractivity contribution >= 4 is 36.0 Å². The van der Waals surface area contributed by atoms with Crippen LogP contribution in [0.3, 0.4) is 0 Å². The highest BCUT2D eigenvalue weighted by Gasteiger charge is 2.42. The Morgan fingerprint density at radius 3 is 2.48 bits per heavy atom. The molecular weight excluding hydrogens is 524 g/mol. The van der Waals surface area contributed by atoms with Crippen LogP contribution in [0, 0.1) is 11.8 Å². The number of alkyl halides is 3. The van der Waals surface area contributed by atoms with Crippen molar-refractivity contribution in [2.24, 2.45) is 16.8 Å². The molecule has 1 aliphatic carbocycles. The van der Waals surface area contributed by atoms with Gasteiger partial charge < -0.3 is 20.3 Å². The van der Waals surface area contributed by atoms with Gasteiger partial charge in [-0.3, -0.25) is 4.99 Å². The zero-order valence-corrected chi connectivity index (χ0v) is 21.4. The van der Waals surface area contributed by atoms with E-state index >= 15 is 0 Å². The molecule has 0 radical (unpaired) electrons. The fourth-order valence-electron chi connectivity index (χ4n) is 4.19. The maximum absolute atomic E-state index is 13.0. The van der Waals surface area contributed by atoms with Gasteiger partial charge >= 0.3 is 12.3 Å². The second-order valence-corrected chi connectivity index (χ2v) is 9.47. The van der Waals surface area contributed by atoms with Gasteiger partial charge in [-0.2, -0.15) is 13.2 Å². The maximum atomic E-state index is 13.0. The Morgan fingerprint density at radius 2 is 1.87 bits per heavy atom. The third-order valence-corrected chi connectivity index (χ3v) is 5.72. The highest BCUT2D eigenvalue weighted by atomic mass is 127. The SMILES string of the molecule is CN=C(NCCC1CCCN(C(=O)OC(C)(C)C)C1)NC1CCCC(C(F)(F)F)C1.I. The van der Waals surface area contributed by atoms with Crippen molar-refractivity contribution in [2.75, 3.05) is 26.7 Å². The monoisotopic (exact) mass is 562 g/mol. The molecule has 6 nitrogen and oxygen atoms in total. The fourth-order valence-corrected chi connectivity index (χ4v) is 4.19. The summed E-state index contributed by atoms with van der Waals surface area (Å²) in [5, 5.41) is 6.38. The number of carbonyl (C=O) groups is 1. The molecule has 2 rings (SSSR count). The lowest BCUT2D eigenvalue weighted by molar-refractivity contribution is -0.183. The van der Waals surface area contributed by atoms with E-state index in [0.717, 1.165) is 25.7 Å². The molecule has 182 valence electrons. The van der Waals surface area contributed by atoms with E-state index < -0.39 is 17.7 Å². The predicted octanol–water partition coefficient (Wildman–Crippen LogP) is 4.93. The minimum atomic E-state index is -4.13. The van der Waals surface area contributed by atoms with Gasteiger partial charge in [-0.1, -0.05) is 6.42 Å². The van der Waals surface area contributed by atoms with Gasteiger partial charge in [-0.15, -0.1) is 24.0 Å². The quantitative estimate of drug-likeness (QED) is 0.290. The van der Waals surface area contributed by atoms with E-state index in [1.807, 2.05) is 20.8 Å². The van der Waals surface area contributed by atoms with Gasteiger partial charge in [0.2, 0.25) is 0 Å². The first-order chi connectivity index (χ1) is 14.0. The van der Waals surface area contributed by atoms with Gasteiger partial charge in [-0.05, 0) is 65.2 Å². The van der Waals surface area contributed by atoms with Crippen molar-refractivity contribution in [3.05, 3.63) is 0 Å². The molecule has 1 aliphatic heterocycles. The number of aliphatic imine (C=N–C) groups is 1. The number of guanidine groups is 1. The Hall–Kier alpha value is -0.940. The van der Waals surface area contributed by atoms with Crippen LogP contribution in [0.2, 0.25) is 0 Å². The average Bonchev–Trinajstić information content (AvgIpc) is 2.65. The highest BCUT2D eigenvalue weighted by molar-refractivity contribution is 14.0. The summed E-state index contributed by atoms with van der Waals surface area (Å²) < 4.78 is 44.5. The molecular formula is C21H38F3IN4O2. The Balaban J connectivity index is 0.00000480. The van der Waals surface area contributed by atoms with Crippen molar-refractivity contribution in [1.82, 2.24) is 15.5 Å². The summed E-state index contributed by atoms with van der Waals surface area (Å²) >= 11 is 0. The summed E-state index contributed by atoms with van der Waals surface area (Å²) in [5.41, 5.74) is -0.506. The lowest BCUT2D eigenvalue weighted by atomic mass is 9.85. The summed E-state index contributed by atoms with van der Waals surface area (Å²) in [5.74, 6) is -0.327. The normalized spacial score (nSPS) is 25.5. The van der Waals surface area contributed by atoms with Gasteiger partial charge in [0, 0.05) is 32.7 Å². The third-order valence-electron chi connectivity index (χ3n) is 5.72. The number of ether oxygens (including phenoxy) is 1. The Morgan fingerprint density at radius 1 is 1.16 bits per heavy atom. The van der Waals surface area contributed by atoms with Crippen molar-refractivity contribution < 1.29 is 22.7 Å². The predicted molar refractivity (Wildman–Crippen MR) is 127 cm³/mol. The Labute approximate surface area is 201 Å². The number of hydrogen-bond donors (Lipinski definition) is 2. The summed E-state index contributed by atoms with van der Waals surface area (Å²) in [7, 11) is 1.63. The number of rotatable bonds is 4. The maximum Gasteiger partial charge on any atom is 0.410 e. The molecule has 0 bridgehead atoms. The minimum absolute atomic E-state index is 0.